The molecule has 0 atom stereocenters. The lowest BCUT2D eigenvalue weighted by Gasteiger charge is -2.09. The molecule has 92 valence electrons. The van der Waals surface area contributed by atoms with Gasteiger partial charge >= 0.3 is 0 Å². The SMILES string of the molecule is C=CCNC(=O)c1cc(F)c(F)c(OC)c1F. The Morgan fingerprint density at radius 2 is 2.12 bits per heavy atom. The van der Waals surface area contributed by atoms with Crippen molar-refractivity contribution in [1.29, 1.82) is 0 Å². The van der Waals surface area contributed by atoms with Crippen LogP contribution in [0.5, 0.6) is 5.75 Å². The first kappa shape index (κ1) is 13.1. The van der Waals surface area contributed by atoms with Crippen LogP contribution in [-0.4, -0.2) is 19.6 Å². The lowest BCUT2D eigenvalue weighted by molar-refractivity contribution is 0.0952. The highest BCUT2D eigenvalue weighted by Crippen LogP contribution is 2.26. The molecule has 1 aromatic carbocycles. The summed E-state index contributed by atoms with van der Waals surface area (Å²) in [7, 11) is 0.979. The fraction of sp³-hybridized carbons (Fsp3) is 0.182. The number of ether oxygens (including phenoxy) is 1. The lowest BCUT2D eigenvalue weighted by Crippen LogP contribution is -2.25. The van der Waals surface area contributed by atoms with E-state index in [1.54, 1.807) is 0 Å². The highest BCUT2D eigenvalue weighted by atomic mass is 19.2. The van der Waals surface area contributed by atoms with Crippen LogP contribution in [-0.2, 0) is 0 Å². The van der Waals surface area contributed by atoms with Crippen LogP contribution in [0.2, 0.25) is 0 Å². The summed E-state index contributed by atoms with van der Waals surface area (Å²) >= 11 is 0. The molecule has 6 heteroatoms. The third-order valence-electron chi connectivity index (χ3n) is 1.97. The molecule has 0 aliphatic rings. The standard InChI is InChI=1S/C11H10F3NO2/c1-3-4-15-11(16)6-5-7(12)9(14)10(17-2)8(6)13/h3,5H,1,4H2,2H3,(H,15,16). The fourth-order valence-electron chi connectivity index (χ4n) is 1.19. The van der Waals surface area contributed by atoms with Gasteiger partial charge in [-0.15, -0.1) is 6.58 Å². The normalized spacial score (nSPS) is 9.88. The zero-order valence-corrected chi connectivity index (χ0v) is 9.02. The van der Waals surface area contributed by atoms with Crippen LogP contribution in [0, 0.1) is 17.5 Å². The van der Waals surface area contributed by atoms with E-state index in [1.165, 1.54) is 6.08 Å². The molecule has 1 N–H and O–H groups in total. The third-order valence-corrected chi connectivity index (χ3v) is 1.97. The zero-order valence-electron chi connectivity index (χ0n) is 9.02. The second-order valence-electron chi connectivity index (χ2n) is 3.07. The van der Waals surface area contributed by atoms with Gasteiger partial charge in [0.1, 0.15) is 0 Å². The molecule has 1 aromatic rings. The van der Waals surface area contributed by atoms with Gasteiger partial charge in [-0.25, -0.2) is 8.78 Å². The molecule has 1 rings (SSSR count). The van der Waals surface area contributed by atoms with Gasteiger partial charge in [-0.3, -0.25) is 4.79 Å². The average Bonchev–Trinajstić information content (AvgIpc) is 2.31. The minimum Gasteiger partial charge on any atom is -0.491 e. The minimum absolute atomic E-state index is 0.0829. The Morgan fingerprint density at radius 1 is 1.47 bits per heavy atom. The summed E-state index contributed by atoms with van der Waals surface area (Å²) in [6.07, 6.45) is 1.37. The first-order chi connectivity index (χ1) is 8.02. The number of hydrogen-bond acceptors (Lipinski definition) is 2. The molecule has 0 aromatic heterocycles. The van der Waals surface area contributed by atoms with Crippen LogP contribution in [0.3, 0.4) is 0 Å². The molecule has 0 saturated carbocycles. The topological polar surface area (TPSA) is 38.3 Å². The Kier molecular flexibility index (Phi) is 4.14. The Bertz CT molecular complexity index is 461. The fourth-order valence-corrected chi connectivity index (χ4v) is 1.19. The zero-order chi connectivity index (χ0) is 13.0. The third kappa shape index (κ3) is 2.58. The Morgan fingerprint density at radius 3 is 2.65 bits per heavy atom. The first-order valence-corrected chi connectivity index (χ1v) is 4.63. The second-order valence-corrected chi connectivity index (χ2v) is 3.07. The molecule has 0 aliphatic carbocycles. The largest absolute Gasteiger partial charge is 0.491 e. The van der Waals surface area contributed by atoms with E-state index >= 15 is 0 Å². The first-order valence-electron chi connectivity index (χ1n) is 4.63. The number of rotatable bonds is 4. The number of hydrogen-bond donors (Lipinski definition) is 1. The molecule has 0 saturated heterocycles. The Labute approximate surface area is 95.9 Å². The van der Waals surface area contributed by atoms with Gasteiger partial charge in [0, 0.05) is 6.54 Å². The molecule has 0 aliphatic heterocycles. The second kappa shape index (κ2) is 5.38. The van der Waals surface area contributed by atoms with Crippen molar-refractivity contribution in [2.75, 3.05) is 13.7 Å². The van der Waals surface area contributed by atoms with Crippen LogP contribution in [0.25, 0.3) is 0 Å². The summed E-state index contributed by atoms with van der Waals surface area (Å²) in [4.78, 5) is 11.4. The van der Waals surface area contributed by atoms with Gasteiger partial charge in [-0.1, -0.05) is 6.08 Å². The predicted octanol–water partition coefficient (Wildman–Crippen LogP) is 2.03. The van der Waals surface area contributed by atoms with Gasteiger partial charge in [0.05, 0.1) is 12.7 Å². The summed E-state index contributed by atoms with van der Waals surface area (Å²) in [6, 6.07) is 0.478. The van der Waals surface area contributed by atoms with Crippen molar-refractivity contribution >= 4 is 5.91 Å². The van der Waals surface area contributed by atoms with Gasteiger partial charge in [0.25, 0.3) is 5.91 Å². The summed E-state index contributed by atoms with van der Waals surface area (Å²) in [5.41, 5.74) is -0.623. The molecule has 0 spiro atoms. The number of amides is 1. The average molecular weight is 245 g/mol. The Hall–Kier alpha value is -1.98. The number of benzene rings is 1. The van der Waals surface area contributed by atoms with E-state index in [0.29, 0.717) is 6.07 Å². The van der Waals surface area contributed by atoms with Crippen LogP contribution in [0.4, 0.5) is 13.2 Å². The van der Waals surface area contributed by atoms with Crippen LogP contribution in [0.1, 0.15) is 10.4 Å². The van der Waals surface area contributed by atoms with Crippen molar-refractivity contribution < 1.29 is 22.7 Å². The highest BCUT2D eigenvalue weighted by Gasteiger charge is 2.23. The highest BCUT2D eigenvalue weighted by molar-refractivity contribution is 5.95. The summed E-state index contributed by atoms with van der Waals surface area (Å²) < 4.78 is 44.1. The summed E-state index contributed by atoms with van der Waals surface area (Å²) in [5, 5.41) is 2.25. The number of carbonyl (C=O) groups is 1. The maximum absolute atomic E-state index is 13.6. The molecular formula is C11H10F3NO2. The van der Waals surface area contributed by atoms with Gasteiger partial charge < -0.3 is 10.1 Å². The quantitative estimate of drug-likeness (QED) is 0.651. The molecule has 1 amide bonds. The van der Waals surface area contributed by atoms with Crippen molar-refractivity contribution in [3.8, 4) is 5.75 Å². The van der Waals surface area contributed by atoms with E-state index in [9.17, 15) is 18.0 Å². The molecule has 0 fully saturated rings. The molecular weight excluding hydrogens is 235 g/mol. The van der Waals surface area contributed by atoms with E-state index in [-0.39, 0.29) is 6.54 Å². The monoisotopic (exact) mass is 245 g/mol. The summed E-state index contributed by atoms with van der Waals surface area (Å²) in [5.74, 6) is -5.86. The van der Waals surface area contributed by atoms with E-state index in [2.05, 4.69) is 16.6 Å². The van der Waals surface area contributed by atoms with Crippen molar-refractivity contribution in [2.45, 2.75) is 0 Å². The van der Waals surface area contributed by atoms with Crippen molar-refractivity contribution in [3.63, 3.8) is 0 Å². The number of nitrogens with one attached hydrogen (secondary N) is 1. The minimum atomic E-state index is -1.47. The summed E-state index contributed by atoms with van der Waals surface area (Å²) in [6.45, 7) is 3.43. The van der Waals surface area contributed by atoms with Crippen molar-refractivity contribution in [1.82, 2.24) is 5.32 Å². The number of halogens is 3. The van der Waals surface area contributed by atoms with E-state index < -0.39 is 34.7 Å². The number of methoxy groups -OCH3 is 1. The van der Waals surface area contributed by atoms with Gasteiger partial charge in [-0.05, 0) is 6.07 Å². The maximum Gasteiger partial charge on any atom is 0.254 e. The van der Waals surface area contributed by atoms with E-state index in [4.69, 9.17) is 0 Å². The van der Waals surface area contributed by atoms with E-state index in [0.717, 1.165) is 7.11 Å². The van der Waals surface area contributed by atoms with Gasteiger partial charge in [0.15, 0.2) is 17.4 Å². The molecule has 17 heavy (non-hydrogen) atoms. The lowest BCUT2D eigenvalue weighted by atomic mass is 10.1. The predicted molar refractivity (Wildman–Crippen MR) is 55.4 cm³/mol. The van der Waals surface area contributed by atoms with Gasteiger partial charge in [-0.2, -0.15) is 4.39 Å². The molecule has 0 bridgehead atoms. The van der Waals surface area contributed by atoms with E-state index in [1.807, 2.05) is 0 Å². The van der Waals surface area contributed by atoms with Crippen molar-refractivity contribution in [2.24, 2.45) is 0 Å². The van der Waals surface area contributed by atoms with Crippen LogP contribution < -0.4 is 10.1 Å². The maximum atomic E-state index is 13.6. The van der Waals surface area contributed by atoms with Crippen LogP contribution in [0.15, 0.2) is 18.7 Å². The smallest absolute Gasteiger partial charge is 0.254 e. The number of carbonyl (C=O) groups excluding carboxylic acids is 1. The molecule has 0 heterocycles. The van der Waals surface area contributed by atoms with Crippen molar-refractivity contribution in [3.05, 3.63) is 41.7 Å². The van der Waals surface area contributed by atoms with Crippen LogP contribution >= 0.6 is 0 Å². The molecule has 0 unspecified atom stereocenters. The molecule has 3 nitrogen and oxygen atoms in total. The Balaban J connectivity index is 3.21. The molecule has 0 radical (unpaired) electrons. The van der Waals surface area contributed by atoms with Gasteiger partial charge in [0.2, 0.25) is 5.82 Å².